The first-order chi connectivity index (χ1) is 13.1. The third-order valence-electron chi connectivity index (χ3n) is 4.96. The molecule has 0 aromatic heterocycles. The van der Waals surface area contributed by atoms with Crippen LogP contribution in [-0.4, -0.2) is 24.0 Å². The highest BCUT2D eigenvalue weighted by atomic mass is 35.5. The highest BCUT2D eigenvalue weighted by molar-refractivity contribution is 6.33. The van der Waals surface area contributed by atoms with E-state index in [1.807, 2.05) is 18.2 Å². The summed E-state index contributed by atoms with van der Waals surface area (Å²) in [7, 11) is 0. The van der Waals surface area contributed by atoms with Crippen molar-refractivity contribution < 1.29 is 5.21 Å². The molecule has 0 atom stereocenters. The second-order valence-electron chi connectivity index (χ2n) is 7.51. The zero-order valence-electron chi connectivity index (χ0n) is 16.1. The van der Waals surface area contributed by atoms with E-state index in [4.69, 9.17) is 11.6 Å². The fourth-order valence-electron chi connectivity index (χ4n) is 3.54. The summed E-state index contributed by atoms with van der Waals surface area (Å²) in [4.78, 5) is 0. The molecule has 1 heterocycles. The number of nitrogens with one attached hydrogen (secondary N) is 2. The van der Waals surface area contributed by atoms with Gasteiger partial charge < -0.3 is 15.8 Å². The van der Waals surface area contributed by atoms with Gasteiger partial charge in [0.2, 0.25) is 0 Å². The van der Waals surface area contributed by atoms with Crippen LogP contribution in [0.25, 0.3) is 0 Å². The van der Waals surface area contributed by atoms with Gasteiger partial charge in [0, 0.05) is 6.54 Å². The van der Waals surface area contributed by atoms with Gasteiger partial charge in [-0.05, 0) is 66.6 Å². The van der Waals surface area contributed by atoms with E-state index in [2.05, 4.69) is 47.8 Å². The fourth-order valence-corrected chi connectivity index (χ4v) is 3.79. The quantitative estimate of drug-likeness (QED) is 0.378. The predicted octanol–water partition coefficient (Wildman–Crippen LogP) is 4.86. The van der Waals surface area contributed by atoms with E-state index in [-0.39, 0.29) is 0 Å². The number of benzene rings is 2. The molecule has 3 N–H and O–H groups in total. The van der Waals surface area contributed by atoms with Gasteiger partial charge in [-0.25, -0.2) is 0 Å². The standard InChI is InChI=1S/C22H28ClN3O/c1-15(2)13-21(26-27)18-5-3-16(4-6-18)14-25-22-19-10-12-24-11-9-17(19)7-8-20(22)23/h3-8,15,24-25,27H,9-14H2,1-2H3. The van der Waals surface area contributed by atoms with Crippen molar-refractivity contribution in [2.24, 2.45) is 11.1 Å². The molecule has 0 unspecified atom stereocenters. The van der Waals surface area contributed by atoms with Crippen LogP contribution >= 0.6 is 11.6 Å². The van der Waals surface area contributed by atoms with Gasteiger partial charge in [0.25, 0.3) is 0 Å². The van der Waals surface area contributed by atoms with Crippen LogP contribution in [0.15, 0.2) is 41.6 Å². The Kier molecular flexibility index (Phi) is 6.75. The van der Waals surface area contributed by atoms with Gasteiger partial charge in [0.1, 0.15) is 0 Å². The maximum Gasteiger partial charge on any atom is 0.0870 e. The second kappa shape index (κ2) is 9.25. The Morgan fingerprint density at radius 2 is 1.89 bits per heavy atom. The SMILES string of the molecule is CC(C)CC(=NO)c1ccc(CNc2c(Cl)ccc3c2CCNCC3)cc1. The average molecular weight is 386 g/mol. The molecule has 27 heavy (non-hydrogen) atoms. The molecule has 0 spiro atoms. The van der Waals surface area contributed by atoms with Gasteiger partial charge in [0.05, 0.1) is 16.4 Å². The molecule has 0 saturated heterocycles. The van der Waals surface area contributed by atoms with Crippen molar-refractivity contribution in [2.45, 2.75) is 39.7 Å². The van der Waals surface area contributed by atoms with E-state index in [9.17, 15) is 5.21 Å². The molecule has 0 aliphatic carbocycles. The summed E-state index contributed by atoms with van der Waals surface area (Å²) in [5.41, 5.74) is 6.62. The zero-order valence-corrected chi connectivity index (χ0v) is 16.8. The molecule has 2 aromatic rings. The highest BCUT2D eigenvalue weighted by Crippen LogP contribution is 2.31. The maximum absolute atomic E-state index is 9.27. The van der Waals surface area contributed by atoms with Crippen LogP contribution in [0.4, 0.5) is 5.69 Å². The number of oxime groups is 1. The molecule has 0 bridgehead atoms. The Morgan fingerprint density at radius 3 is 2.59 bits per heavy atom. The normalized spacial score (nSPS) is 14.7. The zero-order chi connectivity index (χ0) is 19.2. The number of nitrogens with zero attached hydrogens (tertiary/aromatic N) is 1. The lowest BCUT2D eigenvalue weighted by atomic mass is 9.99. The van der Waals surface area contributed by atoms with E-state index >= 15 is 0 Å². The molecule has 2 aromatic carbocycles. The van der Waals surface area contributed by atoms with E-state index in [0.29, 0.717) is 12.5 Å². The number of anilines is 1. The first-order valence-electron chi connectivity index (χ1n) is 9.63. The Labute approximate surface area is 166 Å². The number of halogens is 1. The van der Waals surface area contributed by atoms with Crippen LogP contribution < -0.4 is 10.6 Å². The van der Waals surface area contributed by atoms with Gasteiger partial charge in [-0.3, -0.25) is 0 Å². The predicted molar refractivity (Wildman–Crippen MR) is 113 cm³/mol. The van der Waals surface area contributed by atoms with Crippen LogP contribution in [0.1, 0.15) is 42.5 Å². The number of fused-ring (bicyclic) bond motifs is 1. The van der Waals surface area contributed by atoms with E-state index in [1.165, 1.54) is 16.7 Å². The van der Waals surface area contributed by atoms with Gasteiger partial charge in [-0.2, -0.15) is 0 Å². The number of hydrogen-bond donors (Lipinski definition) is 3. The molecule has 1 aliphatic heterocycles. The van der Waals surface area contributed by atoms with Crippen molar-refractivity contribution in [3.05, 3.63) is 63.7 Å². The summed E-state index contributed by atoms with van der Waals surface area (Å²) < 4.78 is 0. The minimum absolute atomic E-state index is 0.446. The van der Waals surface area contributed by atoms with Gasteiger partial charge in [-0.1, -0.05) is 60.9 Å². The Morgan fingerprint density at radius 1 is 1.15 bits per heavy atom. The van der Waals surface area contributed by atoms with Gasteiger partial charge in [0.15, 0.2) is 0 Å². The summed E-state index contributed by atoms with van der Waals surface area (Å²) in [5, 5.41) is 20.5. The monoisotopic (exact) mass is 385 g/mol. The smallest absolute Gasteiger partial charge is 0.0870 e. The summed E-state index contributed by atoms with van der Waals surface area (Å²) in [6, 6.07) is 12.3. The molecular formula is C22H28ClN3O. The van der Waals surface area contributed by atoms with E-state index in [1.54, 1.807) is 0 Å². The Balaban J connectivity index is 1.72. The summed E-state index contributed by atoms with van der Waals surface area (Å²) in [6.45, 7) is 6.94. The van der Waals surface area contributed by atoms with Crippen molar-refractivity contribution in [3.8, 4) is 0 Å². The van der Waals surface area contributed by atoms with Crippen LogP contribution in [0.2, 0.25) is 5.02 Å². The highest BCUT2D eigenvalue weighted by Gasteiger charge is 2.14. The topological polar surface area (TPSA) is 56.7 Å². The molecule has 0 saturated carbocycles. The van der Waals surface area contributed by atoms with Crippen molar-refractivity contribution in [3.63, 3.8) is 0 Å². The first-order valence-corrected chi connectivity index (χ1v) is 10.0. The molecule has 0 amide bonds. The van der Waals surface area contributed by atoms with Crippen molar-refractivity contribution in [1.82, 2.24) is 5.32 Å². The molecule has 144 valence electrons. The summed E-state index contributed by atoms with van der Waals surface area (Å²) in [5.74, 6) is 0.446. The Hall–Kier alpha value is -2.04. The third-order valence-corrected chi connectivity index (χ3v) is 5.28. The lowest BCUT2D eigenvalue weighted by molar-refractivity contribution is 0.317. The van der Waals surface area contributed by atoms with Crippen LogP contribution in [-0.2, 0) is 19.4 Å². The number of rotatable bonds is 6. The van der Waals surface area contributed by atoms with Crippen molar-refractivity contribution in [2.75, 3.05) is 18.4 Å². The molecule has 1 aliphatic rings. The van der Waals surface area contributed by atoms with Crippen LogP contribution in [0.3, 0.4) is 0 Å². The van der Waals surface area contributed by atoms with Crippen LogP contribution in [0, 0.1) is 5.92 Å². The fraction of sp³-hybridized carbons (Fsp3) is 0.409. The molecular weight excluding hydrogens is 358 g/mol. The molecule has 4 nitrogen and oxygen atoms in total. The third kappa shape index (κ3) is 5.02. The van der Waals surface area contributed by atoms with Crippen molar-refractivity contribution in [1.29, 1.82) is 0 Å². The van der Waals surface area contributed by atoms with Gasteiger partial charge in [-0.15, -0.1) is 0 Å². The first kappa shape index (κ1) is 19.7. The minimum Gasteiger partial charge on any atom is -0.411 e. The number of hydrogen-bond acceptors (Lipinski definition) is 4. The lowest BCUT2D eigenvalue weighted by Crippen LogP contribution is -2.16. The second-order valence-corrected chi connectivity index (χ2v) is 7.91. The summed E-state index contributed by atoms with van der Waals surface area (Å²) in [6.07, 6.45) is 2.78. The van der Waals surface area contributed by atoms with Crippen LogP contribution in [0.5, 0.6) is 0 Å². The largest absolute Gasteiger partial charge is 0.411 e. The molecule has 5 heteroatoms. The van der Waals surface area contributed by atoms with E-state index < -0.39 is 0 Å². The lowest BCUT2D eigenvalue weighted by Gasteiger charge is -2.16. The Bertz CT molecular complexity index is 800. The average Bonchev–Trinajstić information content (AvgIpc) is 2.91. The van der Waals surface area contributed by atoms with E-state index in [0.717, 1.165) is 54.3 Å². The molecule has 3 rings (SSSR count). The minimum atomic E-state index is 0.446. The summed E-state index contributed by atoms with van der Waals surface area (Å²) >= 11 is 6.49. The molecule has 0 fully saturated rings. The maximum atomic E-state index is 9.27. The van der Waals surface area contributed by atoms with Crippen molar-refractivity contribution >= 4 is 23.0 Å². The van der Waals surface area contributed by atoms with Gasteiger partial charge >= 0.3 is 0 Å². The molecule has 0 radical (unpaired) electrons.